The monoisotopic (exact) mass is 554 g/mol. The minimum absolute atomic E-state index is 0.0496. The van der Waals surface area contributed by atoms with Gasteiger partial charge in [-0.25, -0.2) is 0 Å². The molecule has 1 heterocycles. The second-order valence-electron chi connectivity index (χ2n) is 10.4. The Bertz CT molecular complexity index is 907. The molecule has 0 radical (unpaired) electrons. The first-order valence-electron chi connectivity index (χ1n) is 13.5. The van der Waals surface area contributed by atoms with Crippen LogP contribution in [0.3, 0.4) is 0 Å². The van der Waals surface area contributed by atoms with Crippen molar-refractivity contribution in [3.63, 3.8) is 0 Å². The molecule has 1 aliphatic heterocycles. The lowest BCUT2D eigenvalue weighted by Crippen LogP contribution is -2.60. The van der Waals surface area contributed by atoms with Gasteiger partial charge in [0.2, 0.25) is 23.6 Å². The number of carboxylic acid groups (broad SMARTS) is 1. The van der Waals surface area contributed by atoms with Crippen molar-refractivity contribution in [1.29, 1.82) is 0 Å². The first kappa shape index (κ1) is 33.6. The van der Waals surface area contributed by atoms with Gasteiger partial charge in [0.1, 0.15) is 24.2 Å². The maximum absolute atomic E-state index is 13.5. The van der Waals surface area contributed by atoms with Crippen molar-refractivity contribution in [2.24, 2.45) is 34.0 Å². The van der Waals surface area contributed by atoms with E-state index in [0.717, 1.165) is 0 Å². The fraction of sp³-hybridized carbons (Fsp3) is 0.760. The van der Waals surface area contributed by atoms with Crippen LogP contribution in [0.25, 0.3) is 0 Å². The van der Waals surface area contributed by atoms with Gasteiger partial charge in [-0.1, -0.05) is 34.1 Å². The normalized spacial score (nSPS) is 18.8. The van der Waals surface area contributed by atoms with Gasteiger partial charge >= 0.3 is 5.97 Å². The second-order valence-corrected chi connectivity index (χ2v) is 10.4. The summed E-state index contributed by atoms with van der Waals surface area (Å²) < 4.78 is 0. The molecular weight excluding hydrogens is 508 g/mol. The van der Waals surface area contributed by atoms with Crippen molar-refractivity contribution in [2.45, 2.75) is 96.9 Å². The Morgan fingerprint density at radius 2 is 1.62 bits per heavy atom. The number of nitrogens with one attached hydrogen (secondary N) is 3. The van der Waals surface area contributed by atoms with E-state index in [1.54, 1.807) is 13.8 Å². The molecule has 0 spiro atoms. The van der Waals surface area contributed by atoms with Gasteiger partial charge in [0.25, 0.3) is 0 Å². The molecule has 14 nitrogen and oxygen atoms in total. The van der Waals surface area contributed by atoms with Gasteiger partial charge in [-0.05, 0) is 44.4 Å². The number of carboxylic acids is 1. The zero-order chi connectivity index (χ0) is 29.9. The molecule has 222 valence electrons. The van der Waals surface area contributed by atoms with E-state index in [4.69, 9.17) is 22.3 Å². The van der Waals surface area contributed by atoms with Crippen molar-refractivity contribution in [3.8, 4) is 0 Å². The highest BCUT2D eigenvalue weighted by molar-refractivity contribution is 5.96. The van der Waals surface area contributed by atoms with E-state index >= 15 is 0 Å². The van der Waals surface area contributed by atoms with Crippen LogP contribution < -0.4 is 33.2 Å². The summed E-state index contributed by atoms with van der Waals surface area (Å²) >= 11 is 0. The maximum Gasteiger partial charge on any atom is 0.325 e. The number of carbonyl (C=O) groups excluding carboxylic acids is 4. The van der Waals surface area contributed by atoms with Crippen LogP contribution in [0, 0.1) is 11.8 Å². The third-order valence-electron chi connectivity index (χ3n) is 6.90. The summed E-state index contributed by atoms with van der Waals surface area (Å²) in [5, 5.41) is 17.0. The summed E-state index contributed by atoms with van der Waals surface area (Å²) in [6, 6.07) is -4.71. The Hall–Kier alpha value is -3.42. The number of hydrogen-bond acceptors (Lipinski definition) is 7. The van der Waals surface area contributed by atoms with Gasteiger partial charge in [0.15, 0.2) is 5.96 Å². The van der Waals surface area contributed by atoms with Crippen LogP contribution in [0.2, 0.25) is 0 Å². The largest absolute Gasteiger partial charge is 0.480 e. The van der Waals surface area contributed by atoms with Crippen LogP contribution >= 0.6 is 0 Å². The number of nitrogens with two attached hydrogens (primary N) is 3. The molecule has 14 heteroatoms. The summed E-state index contributed by atoms with van der Waals surface area (Å²) in [6.07, 6.45) is 2.32. The number of rotatable bonds is 15. The molecule has 0 aromatic heterocycles. The number of hydrogen-bond donors (Lipinski definition) is 7. The number of carbonyl (C=O) groups is 5. The lowest BCUT2D eigenvalue weighted by Gasteiger charge is -2.32. The van der Waals surface area contributed by atoms with E-state index in [9.17, 15) is 24.0 Å². The smallest absolute Gasteiger partial charge is 0.325 e. The van der Waals surface area contributed by atoms with Gasteiger partial charge in [-0.2, -0.15) is 0 Å². The van der Waals surface area contributed by atoms with E-state index in [-0.39, 0.29) is 17.8 Å². The SMILES string of the molecule is CC[C@H](C)[C@H](NC(=O)[C@@H](N)CCCN=C(N)N)C(=O)N[C@H](C(=O)N1CCC[C@H]1C(=O)N[C@@H](C)C(=O)O)C(C)C. The summed E-state index contributed by atoms with van der Waals surface area (Å²) in [5.41, 5.74) is 16.6. The molecule has 1 rings (SSSR count). The van der Waals surface area contributed by atoms with Crippen LogP contribution in [-0.2, 0) is 24.0 Å². The van der Waals surface area contributed by atoms with E-state index in [0.29, 0.717) is 45.2 Å². The molecule has 0 aromatic rings. The van der Waals surface area contributed by atoms with E-state index < -0.39 is 59.8 Å². The van der Waals surface area contributed by atoms with Crippen LogP contribution in [0.4, 0.5) is 0 Å². The van der Waals surface area contributed by atoms with Crippen LogP contribution in [0.1, 0.15) is 66.7 Å². The van der Waals surface area contributed by atoms with Crippen molar-refractivity contribution in [3.05, 3.63) is 0 Å². The lowest BCUT2D eigenvalue weighted by atomic mass is 9.95. The van der Waals surface area contributed by atoms with Gasteiger partial charge in [-0.15, -0.1) is 0 Å². The van der Waals surface area contributed by atoms with Gasteiger partial charge in [0.05, 0.1) is 6.04 Å². The van der Waals surface area contributed by atoms with Crippen LogP contribution in [0.15, 0.2) is 4.99 Å². The maximum atomic E-state index is 13.5. The third kappa shape index (κ3) is 10.3. The molecule has 10 N–H and O–H groups in total. The molecule has 0 bridgehead atoms. The van der Waals surface area contributed by atoms with Crippen LogP contribution in [-0.4, -0.2) is 88.9 Å². The highest BCUT2D eigenvalue weighted by Crippen LogP contribution is 2.21. The number of aliphatic carboxylic acids is 1. The molecule has 1 saturated heterocycles. The highest BCUT2D eigenvalue weighted by atomic mass is 16.4. The molecule has 4 amide bonds. The van der Waals surface area contributed by atoms with Crippen molar-refractivity contribution < 1.29 is 29.1 Å². The summed E-state index contributed by atoms with van der Waals surface area (Å²) in [7, 11) is 0. The highest BCUT2D eigenvalue weighted by Gasteiger charge is 2.40. The molecule has 0 aliphatic carbocycles. The molecule has 0 unspecified atom stereocenters. The van der Waals surface area contributed by atoms with E-state index in [2.05, 4.69) is 20.9 Å². The molecular formula is C25H46N8O6. The minimum atomic E-state index is -1.18. The van der Waals surface area contributed by atoms with Gasteiger partial charge in [0, 0.05) is 13.1 Å². The molecule has 6 atom stereocenters. The first-order chi connectivity index (χ1) is 18.2. The quantitative estimate of drug-likeness (QED) is 0.0716. The van der Waals surface area contributed by atoms with Crippen molar-refractivity contribution in [1.82, 2.24) is 20.9 Å². The fourth-order valence-electron chi connectivity index (χ4n) is 4.22. The summed E-state index contributed by atoms with van der Waals surface area (Å²) in [6.45, 7) is 9.19. The van der Waals surface area contributed by atoms with Gasteiger partial charge < -0.3 is 43.2 Å². The number of aliphatic imine (C=N–C) groups is 1. The third-order valence-corrected chi connectivity index (χ3v) is 6.90. The zero-order valence-corrected chi connectivity index (χ0v) is 23.6. The predicted molar refractivity (Wildman–Crippen MR) is 146 cm³/mol. The molecule has 1 aliphatic rings. The molecule has 1 fully saturated rings. The Kier molecular flexibility index (Phi) is 13.7. The Morgan fingerprint density at radius 1 is 1.00 bits per heavy atom. The standard InChI is InChI=1S/C25H46N8O6/c1-6-14(4)19(32-20(34)16(26)9-7-11-29-25(27)28)22(36)31-18(13(2)3)23(37)33-12-8-10-17(33)21(35)30-15(5)24(38)39/h13-19H,6-12,26H2,1-5H3,(H,30,35)(H,31,36)(H,32,34)(H,38,39)(H4,27,28,29)/t14-,15-,16-,17-,18-,19-/m0/s1. The molecule has 0 saturated carbocycles. The van der Waals surface area contributed by atoms with Crippen molar-refractivity contribution in [2.75, 3.05) is 13.1 Å². The van der Waals surface area contributed by atoms with E-state index in [1.807, 2.05) is 13.8 Å². The second kappa shape index (κ2) is 15.9. The molecule has 39 heavy (non-hydrogen) atoms. The number of nitrogens with zero attached hydrogens (tertiary/aromatic N) is 2. The molecule has 0 aromatic carbocycles. The van der Waals surface area contributed by atoms with Crippen LogP contribution in [0.5, 0.6) is 0 Å². The van der Waals surface area contributed by atoms with E-state index in [1.165, 1.54) is 11.8 Å². The topological polar surface area (TPSA) is 235 Å². The fourth-order valence-corrected chi connectivity index (χ4v) is 4.22. The minimum Gasteiger partial charge on any atom is -0.480 e. The lowest BCUT2D eigenvalue weighted by molar-refractivity contribution is -0.145. The first-order valence-corrected chi connectivity index (χ1v) is 13.5. The summed E-state index contributed by atoms with van der Waals surface area (Å²) in [4.78, 5) is 68.8. The average Bonchev–Trinajstić information content (AvgIpc) is 3.36. The predicted octanol–water partition coefficient (Wildman–Crippen LogP) is -1.38. The Labute approximate surface area is 229 Å². The number of guanidine groups is 1. The summed E-state index contributed by atoms with van der Waals surface area (Å²) in [5.74, 6) is -3.84. The zero-order valence-electron chi connectivity index (χ0n) is 23.6. The number of likely N-dealkylation sites (tertiary alicyclic amines) is 1. The van der Waals surface area contributed by atoms with Crippen molar-refractivity contribution >= 4 is 35.6 Å². The van der Waals surface area contributed by atoms with Gasteiger partial charge in [-0.3, -0.25) is 29.0 Å². The Morgan fingerprint density at radius 3 is 2.15 bits per heavy atom. The Balaban J connectivity index is 2.96. The number of amides is 4. The average molecular weight is 555 g/mol.